The Morgan fingerprint density at radius 1 is 1.05 bits per heavy atom. The Hall–Kier alpha value is -4.13. The van der Waals surface area contributed by atoms with Crippen LogP contribution in [0.3, 0.4) is 0 Å². The summed E-state index contributed by atoms with van der Waals surface area (Å²) in [5.74, 6) is 1.41. The van der Waals surface area contributed by atoms with E-state index in [1.165, 1.54) is 10.6 Å². The first-order chi connectivity index (χ1) is 17.9. The first-order valence-electron chi connectivity index (χ1n) is 11.9. The number of nitriles is 1. The molecule has 1 aliphatic rings. The number of H-pyrrole nitrogens is 1. The van der Waals surface area contributed by atoms with E-state index in [1.54, 1.807) is 24.7 Å². The van der Waals surface area contributed by atoms with Crippen LogP contribution in [0, 0.1) is 11.3 Å². The zero-order valence-electron chi connectivity index (χ0n) is 20.4. The van der Waals surface area contributed by atoms with Gasteiger partial charge in [0.1, 0.15) is 18.2 Å². The lowest BCUT2D eigenvalue weighted by molar-refractivity contribution is 0.179. The van der Waals surface area contributed by atoms with Gasteiger partial charge in [-0.2, -0.15) is 9.57 Å². The standard InChI is InChI=1S/C28H27N5O3S/c1-37(34,35)33(18-22-10-6-3-7-11-22)25-14-24-12-23(15-29)13-26(28(24)36-19-25)32(27-16-30-20-31-27)17-21-8-4-2-5-9-21/h2-13,16,20,25H,14,17-19H2,1H3,(H,30,31). The molecule has 2 heterocycles. The minimum atomic E-state index is -3.52. The van der Waals surface area contributed by atoms with Gasteiger partial charge in [0.2, 0.25) is 10.0 Å². The molecule has 1 atom stereocenters. The SMILES string of the molecule is CS(=O)(=O)N(Cc1ccccc1)C1COc2c(cc(C#N)cc2N(Cc2ccccc2)c2cnc[nH]2)C1. The first-order valence-corrected chi connectivity index (χ1v) is 13.8. The van der Waals surface area contributed by atoms with E-state index in [4.69, 9.17) is 4.74 Å². The average molecular weight is 514 g/mol. The van der Waals surface area contributed by atoms with Gasteiger partial charge in [-0.25, -0.2) is 13.4 Å². The molecule has 188 valence electrons. The van der Waals surface area contributed by atoms with Crippen molar-refractivity contribution in [3.8, 4) is 11.8 Å². The van der Waals surface area contributed by atoms with Crippen LogP contribution < -0.4 is 9.64 Å². The van der Waals surface area contributed by atoms with Gasteiger partial charge in [-0.05, 0) is 35.2 Å². The number of hydrogen-bond acceptors (Lipinski definition) is 6. The van der Waals surface area contributed by atoms with Gasteiger partial charge in [0, 0.05) is 13.1 Å². The second kappa shape index (κ2) is 10.5. The van der Waals surface area contributed by atoms with E-state index in [9.17, 15) is 13.7 Å². The summed E-state index contributed by atoms with van der Waals surface area (Å²) in [6.45, 7) is 0.983. The van der Waals surface area contributed by atoms with Gasteiger partial charge in [-0.1, -0.05) is 60.7 Å². The molecule has 1 aliphatic heterocycles. The van der Waals surface area contributed by atoms with Crippen molar-refractivity contribution < 1.29 is 13.2 Å². The van der Waals surface area contributed by atoms with Crippen LogP contribution in [0.1, 0.15) is 22.3 Å². The normalized spacial score (nSPS) is 15.0. The molecule has 3 aromatic carbocycles. The molecule has 1 N–H and O–H groups in total. The lowest BCUT2D eigenvalue weighted by atomic mass is 9.98. The fourth-order valence-corrected chi connectivity index (χ4v) is 5.74. The van der Waals surface area contributed by atoms with Crippen LogP contribution in [0.15, 0.2) is 85.3 Å². The van der Waals surface area contributed by atoms with E-state index in [0.717, 1.165) is 28.2 Å². The van der Waals surface area contributed by atoms with Crippen molar-refractivity contribution >= 4 is 21.5 Å². The number of fused-ring (bicyclic) bond motifs is 1. The van der Waals surface area contributed by atoms with Crippen molar-refractivity contribution in [3.63, 3.8) is 0 Å². The number of ether oxygens (including phenoxy) is 1. The molecule has 0 amide bonds. The summed E-state index contributed by atoms with van der Waals surface area (Å²) in [4.78, 5) is 9.38. The number of imidazole rings is 1. The van der Waals surface area contributed by atoms with Gasteiger partial charge >= 0.3 is 0 Å². The maximum atomic E-state index is 12.8. The maximum Gasteiger partial charge on any atom is 0.211 e. The lowest BCUT2D eigenvalue weighted by Crippen LogP contribution is -2.45. The minimum absolute atomic E-state index is 0.202. The Balaban J connectivity index is 1.53. The molecule has 1 aromatic heterocycles. The Morgan fingerprint density at radius 2 is 1.73 bits per heavy atom. The third-order valence-corrected chi connectivity index (χ3v) is 7.69. The molecule has 0 saturated heterocycles. The van der Waals surface area contributed by atoms with E-state index in [-0.39, 0.29) is 13.2 Å². The van der Waals surface area contributed by atoms with Crippen LogP contribution in [0.2, 0.25) is 0 Å². The molecular formula is C28H27N5O3S. The summed E-state index contributed by atoms with van der Waals surface area (Å²) < 4.78 is 33.4. The van der Waals surface area contributed by atoms with E-state index in [2.05, 4.69) is 16.0 Å². The van der Waals surface area contributed by atoms with E-state index < -0.39 is 16.1 Å². The second-order valence-corrected chi connectivity index (χ2v) is 11.0. The van der Waals surface area contributed by atoms with E-state index in [0.29, 0.717) is 24.3 Å². The second-order valence-electron chi connectivity index (χ2n) is 9.07. The third-order valence-electron chi connectivity index (χ3n) is 6.41. The molecule has 0 fully saturated rings. The number of nitrogens with one attached hydrogen (secondary N) is 1. The maximum absolute atomic E-state index is 12.8. The predicted octanol–water partition coefficient (Wildman–Crippen LogP) is 4.38. The van der Waals surface area contributed by atoms with Crippen molar-refractivity contribution in [2.24, 2.45) is 0 Å². The number of anilines is 2. The van der Waals surface area contributed by atoms with Crippen LogP contribution in [0.25, 0.3) is 0 Å². The summed E-state index contributed by atoms with van der Waals surface area (Å²) >= 11 is 0. The molecule has 0 aliphatic carbocycles. The average Bonchev–Trinajstić information content (AvgIpc) is 3.45. The molecule has 4 aromatic rings. The van der Waals surface area contributed by atoms with Crippen molar-refractivity contribution in [2.45, 2.75) is 25.6 Å². The molecular weight excluding hydrogens is 486 g/mol. The Bertz CT molecular complexity index is 1500. The molecule has 37 heavy (non-hydrogen) atoms. The van der Waals surface area contributed by atoms with Gasteiger partial charge in [0.15, 0.2) is 0 Å². The zero-order valence-corrected chi connectivity index (χ0v) is 21.2. The molecule has 5 rings (SSSR count). The molecule has 1 unspecified atom stereocenters. The monoisotopic (exact) mass is 513 g/mol. The summed E-state index contributed by atoms with van der Waals surface area (Å²) in [6, 6.07) is 25.0. The topological polar surface area (TPSA) is 102 Å². The smallest absolute Gasteiger partial charge is 0.211 e. The first kappa shape index (κ1) is 24.6. The van der Waals surface area contributed by atoms with E-state index >= 15 is 0 Å². The molecule has 0 spiro atoms. The van der Waals surface area contributed by atoms with Gasteiger partial charge in [0.05, 0.1) is 42.1 Å². The van der Waals surface area contributed by atoms with Crippen LogP contribution in [-0.4, -0.2) is 41.6 Å². The predicted molar refractivity (Wildman–Crippen MR) is 142 cm³/mol. The summed E-state index contributed by atoms with van der Waals surface area (Å²) in [7, 11) is -3.52. The number of aromatic amines is 1. The van der Waals surface area contributed by atoms with Gasteiger partial charge in [0.25, 0.3) is 0 Å². The highest BCUT2D eigenvalue weighted by atomic mass is 32.2. The molecule has 0 saturated carbocycles. The van der Waals surface area contributed by atoms with Gasteiger partial charge in [-0.15, -0.1) is 0 Å². The van der Waals surface area contributed by atoms with Crippen molar-refractivity contribution in [2.75, 3.05) is 17.8 Å². The Labute approximate surface area is 216 Å². The lowest BCUT2D eigenvalue weighted by Gasteiger charge is -2.36. The molecule has 8 nitrogen and oxygen atoms in total. The summed E-state index contributed by atoms with van der Waals surface area (Å²) in [5, 5.41) is 9.83. The number of aromatic nitrogens is 2. The highest BCUT2D eigenvalue weighted by molar-refractivity contribution is 7.88. The fraction of sp³-hybridized carbons (Fsp3) is 0.214. The number of benzene rings is 3. The quantitative estimate of drug-likeness (QED) is 0.375. The minimum Gasteiger partial charge on any atom is -0.489 e. The largest absolute Gasteiger partial charge is 0.489 e. The third kappa shape index (κ3) is 5.50. The fourth-order valence-electron chi connectivity index (χ4n) is 4.68. The van der Waals surface area contributed by atoms with Crippen LogP contribution in [0.5, 0.6) is 5.75 Å². The van der Waals surface area contributed by atoms with Crippen molar-refractivity contribution in [3.05, 3.63) is 108 Å². The highest BCUT2D eigenvalue weighted by Crippen LogP contribution is 2.41. The Kier molecular flexibility index (Phi) is 6.95. The zero-order chi connectivity index (χ0) is 25.8. The number of rotatable bonds is 8. The molecule has 9 heteroatoms. The number of hydrogen-bond donors (Lipinski definition) is 1. The number of sulfonamides is 1. The molecule has 0 bridgehead atoms. The van der Waals surface area contributed by atoms with E-state index in [1.807, 2.05) is 65.6 Å². The van der Waals surface area contributed by atoms with Gasteiger partial charge < -0.3 is 14.6 Å². The summed E-state index contributed by atoms with van der Waals surface area (Å²) in [6.07, 6.45) is 4.99. The Morgan fingerprint density at radius 3 is 2.32 bits per heavy atom. The molecule has 0 radical (unpaired) electrons. The summed E-state index contributed by atoms with van der Waals surface area (Å²) in [5.41, 5.74) is 3.98. The number of nitrogens with zero attached hydrogens (tertiary/aromatic N) is 4. The van der Waals surface area contributed by atoms with Crippen LogP contribution >= 0.6 is 0 Å². The van der Waals surface area contributed by atoms with Crippen molar-refractivity contribution in [1.29, 1.82) is 5.26 Å². The van der Waals surface area contributed by atoms with Crippen LogP contribution in [-0.2, 0) is 29.5 Å². The van der Waals surface area contributed by atoms with Crippen molar-refractivity contribution in [1.82, 2.24) is 14.3 Å². The van der Waals surface area contributed by atoms with Crippen LogP contribution in [0.4, 0.5) is 11.5 Å². The highest BCUT2D eigenvalue weighted by Gasteiger charge is 2.33. The van der Waals surface area contributed by atoms with Gasteiger partial charge in [-0.3, -0.25) is 0 Å².